The Labute approximate surface area is 260 Å². The average molecular weight is 621 g/mol. The number of likely N-dealkylation sites (N-methyl/N-ethyl adjacent to an activating group) is 1. The number of amides is 6. The summed E-state index contributed by atoms with van der Waals surface area (Å²) in [6, 6.07) is -3.31. The molecular formula is C31H52N6O7. The lowest BCUT2D eigenvalue weighted by Crippen LogP contribution is -2.62. The summed E-state index contributed by atoms with van der Waals surface area (Å²) in [5.74, 6) is -2.93. The lowest BCUT2D eigenvalue weighted by Gasteiger charge is -2.38. The molecular weight excluding hydrogens is 568 g/mol. The van der Waals surface area contributed by atoms with Gasteiger partial charge in [-0.2, -0.15) is 0 Å². The van der Waals surface area contributed by atoms with Crippen LogP contribution in [0, 0.1) is 28.6 Å². The fourth-order valence-corrected chi connectivity index (χ4v) is 6.61. The highest BCUT2D eigenvalue weighted by Gasteiger charge is 2.70. The van der Waals surface area contributed by atoms with Crippen molar-refractivity contribution in [3.8, 4) is 0 Å². The Morgan fingerprint density at radius 3 is 2.20 bits per heavy atom. The van der Waals surface area contributed by atoms with Crippen molar-refractivity contribution >= 4 is 35.6 Å². The predicted molar refractivity (Wildman–Crippen MR) is 163 cm³/mol. The molecule has 6 amide bonds. The number of hydrogen-bond acceptors (Lipinski definition) is 7. The number of piperidine rings is 1. The van der Waals surface area contributed by atoms with Crippen molar-refractivity contribution in [2.45, 2.75) is 112 Å². The van der Waals surface area contributed by atoms with Gasteiger partial charge in [0.2, 0.25) is 17.7 Å². The molecule has 5 N–H and O–H groups in total. The van der Waals surface area contributed by atoms with E-state index in [0.29, 0.717) is 19.5 Å². The van der Waals surface area contributed by atoms with Gasteiger partial charge in [-0.3, -0.25) is 24.0 Å². The van der Waals surface area contributed by atoms with E-state index in [9.17, 15) is 28.8 Å². The summed E-state index contributed by atoms with van der Waals surface area (Å²) < 4.78 is 5.42. The monoisotopic (exact) mass is 620 g/mol. The van der Waals surface area contributed by atoms with Gasteiger partial charge < -0.3 is 36.2 Å². The Hall–Kier alpha value is -3.38. The van der Waals surface area contributed by atoms with Gasteiger partial charge in [-0.1, -0.05) is 34.6 Å². The van der Waals surface area contributed by atoms with Crippen LogP contribution in [0.3, 0.4) is 0 Å². The van der Waals surface area contributed by atoms with Crippen LogP contribution in [0.2, 0.25) is 0 Å². The number of likely N-dealkylation sites (tertiary alicyclic amines) is 1. The third kappa shape index (κ3) is 8.01. The number of urea groups is 1. The second-order valence-electron chi connectivity index (χ2n) is 15.1. The van der Waals surface area contributed by atoms with Gasteiger partial charge >= 0.3 is 12.0 Å². The molecule has 0 bridgehead atoms. The lowest BCUT2D eigenvalue weighted by molar-refractivity contribution is -0.157. The first-order valence-electron chi connectivity index (χ1n) is 15.6. The molecule has 1 aliphatic carbocycles. The van der Waals surface area contributed by atoms with E-state index >= 15 is 0 Å². The second-order valence-corrected chi connectivity index (χ2v) is 15.1. The van der Waals surface area contributed by atoms with Crippen molar-refractivity contribution in [3.63, 3.8) is 0 Å². The van der Waals surface area contributed by atoms with Crippen molar-refractivity contribution in [2.75, 3.05) is 19.6 Å². The van der Waals surface area contributed by atoms with Gasteiger partial charge in [0, 0.05) is 38.0 Å². The molecule has 7 atom stereocenters. The van der Waals surface area contributed by atoms with E-state index in [2.05, 4.69) is 40.4 Å². The molecule has 13 heteroatoms. The Morgan fingerprint density at radius 2 is 1.70 bits per heavy atom. The molecule has 3 rings (SSSR count). The molecule has 0 spiro atoms. The van der Waals surface area contributed by atoms with E-state index in [1.165, 1.54) is 11.8 Å². The zero-order valence-electron chi connectivity index (χ0n) is 27.9. The molecule has 3 fully saturated rings. The van der Waals surface area contributed by atoms with Crippen molar-refractivity contribution < 1.29 is 33.5 Å². The smallest absolute Gasteiger partial charge is 0.315 e. The zero-order chi connectivity index (χ0) is 33.4. The molecule has 2 aliphatic heterocycles. The second kappa shape index (κ2) is 12.9. The highest BCUT2D eigenvalue weighted by molar-refractivity contribution is 5.94. The van der Waals surface area contributed by atoms with Gasteiger partial charge in [-0.05, 0) is 63.2 Å². The number of nitrogens with zero attached hydrogens (tertiary/aromatic N) is 1. The Kier molecular flexibility index (Phi) is 10.3. The van der Waals surface area contributed by atoms with Crippen LogP contribution in [0.4, 0.5) is 4.79 Å². The normalized spacial score (nSPS) is 26.0. The van der Waals surface area contributed by atoms with Crippen LogP contribution in [-0.2, 0) is 28.7 Å². The number of rotatable bonds is 10. The van der Waals surface area contributed by atoms with E-state index in [1.54, 1.807) is 6.92 Å². The first kappa shape index (κ1) is 35.1. The Morgan fingerprint density at radius 1 is 1.07 bits per heavy atom. The van der Waals surface area contributed by atoms with Gasteiger partial charge in [-0.15, -0.1) is 0 Å². The average Bonchev–Trinajstić information content (AvgIpc) is 3.22. The van der Waals surface area contributed by atoms with Crippen LogP contribution in [0.25, 0.3) is 0 Å². The first-order chi connectivity index (χ1) is 20.2. The molecule has 44 heavy (non-hydrogen) atoms. The third-order valence-corrected chi connectivity index (χ3v) is 8.93. The maximum absolute atomic E-state index is 14.2. The Bertz CT molecular complexity index is 1160. The summed E-state index contributed by atoms with van der Waals surface area (Å²) in [4.78, 5) is 80.4. The van der Waals surface area contributed by atoms with Crippen molar-refractivity contribution in [1.29, 1.82) is 0 Å². The maximum Gasteiger partial charge on any atom is 0.315 e. The molecule has 0 aromatic heterocycles. The van der Waals surface area contributed by atoms with Crippen molar-refractivity contribution in [1.82, 2.24) is 31.5 Å². The molecule has 2 heterocycles. The summed E-state index contributed by atoms with van der Waals surface area (Å²) >= 11 is 0. The standard InChI is InChI=1S/C31H52N6O7/c1-11-32-26(41)22(44-16(2)38)19(14-17-12-13-33-24(17)39)34-25(40)21-20-18(31(20,9)10)15-37(21)27(42)23(29(3,4)5)35-28(43)36-30(6,7)8/h17-23H,11-15H2,1-10H3,(H,32,41)(H,33,39)(H,34,40)(H2,35,36,43)/t17-,18-,19-,20-,21-,22?,23+/m0/s1. The third-order valence-electron chi connectivity index (χ3n) is 8.93. The van der Waals surface area contributed by atoms with E-state index in [4.69, 9.17) is 4.74 Å². The molecule has 13 nitrogen and oxygen atoms in total. The summed E-state index contributed by atoms with van der Waals surface area (Å²) in [6.45, 7) is 19.1. The van der Waals surface area contributed by atoms with Gasteiger partial charge in [0.15, 0.2) is 6.10 Å². The fraction of sp³-hybridized carbons (Fsp3) is 0.806. The predicted octanol–water partition coefficient (Wildman–Crippen LogP) is 1.06. The summed E-state index contributed by atoms with van der Waals surface area (Å²) in [5, 5.41) is 14.0. The van der Waals surface area contributed by atoms with Gasteiger partial charge in [-0.25, -0.2) is 4.79 Å². The van der Waals surface area contributed by atoms with Crippen LogP contribution < -0.4 is 26.6 Å². The van der Waals surface area contributed by atoms with E-state index in [1.807, 2.05) is 41.5 Å². The summed E-state index contributed by atoms with van der Waals surface area (Å²) in [6.07, 6.45) is -0.790. The molecule has 3 aliphatic rings. The lowest BCUT2D eigenvalue weighted by atomic mass is 9.85. The quantitative estimate of drug-likeness (QED) is 0.227. The van der Waals surface area contributed by atoms with Crippen LogP contribution >= 0.6 is 0 Å². The Balaban J connectivity index is 1.93. The van der Waals surface area contributed by atoms with Gasteiger partial charge in [0.25, 0.3) is 5.91 Å². The molecule has 1 unspecified atom stereocenters. The number of carbonyl (C=O) groups excluding carboxylic acids is 6. The minimum absolute atomic E-state index is 0.0675. The summed E-state index contributed by atoms with van der Waals surface area (Å²) in [5.41, 5.74) is -1.40. The molecule has 0 radical (unpaired) electrons. The van der Waals surface area contributed by atoms with Crippen LogP contribution in [-0.4, -0.2) is 89.9 Å². The SMILES string of the molecule is CCNC(=O)C(OC(C)=O)[C@H](C[C@@H]1CCNC1=O)NC(=O)[C@@H]1[C@@H]2[C@H](CN1C(=O)[C@@H](NC(=O)NC(C)(C)C)C(C)(C)C)C2(C)C. The minimum Gasteiger partial charge on any atom is -0.450 e. The number of hydrogen-bond donors (Lipinski definition) is 5. The summed E-state index contributed by atoms with van der Waals surface area (Å²) in [7, 11) is 0. The first-order valence-corrected chi connectivity index (χ1v) is 15.6. The van der Waals surface area contributed by atoms with Crippen LogP contribution in [0.1, 0.15) is 82.1 Å². The van der Waals surface area contributed by atoms with E-state index in [-0.39, 0.29) is 42.0 Å². The fourth-order valence-electron chi connectivity index (χ4n) is 6.61. The molecule has 0 aromatic carbocycles. The van der Waals surface area contributed by atoms with Gasteiger partial charge in [0.05, 0.1) is 6.04 Å². The largest absolute Gasteiger partial charge is 0.450 e. The highest BCUT2D eigenvalue weighted by Crippen LogP contribution is 2.65. The maximum atomic E-state index is 14.2. The molecule has 2 saturated heterocycles. The number of carbonyl (C=O) groups is 6. The topological polar surface area (TPSA) is 175 Å². The van der Waals surface area contributed by atoms with Crippen molar-refractivity contribution in [2.24, 2.45) is 28.6 Å². The van der Waals surface area contributed by atoms with Crippen LogP contribution in [0.5, 0.6) is 0 Å². The molecule has 0 aromatic rings. The highest BCUT2D eigenvalue weighted by atomic mass is 16.5. The number of ether oxygens (including phenoxy) is 1. The zero-order valence-corrected chi connectivity index (χ0v) is 27.9. The van der Waals surface area contributed by atoms with E-state index < -0.39 is 64.9 Å². The number of esters is 1. The minimum atomic E-state index is -1.37. The molecule has 248 valence electrons. The number of fused-ring (bicyclic) bond motifs is 1. The van der Waals surface area contributed by atoms with Gasteiger partial charge in [0.1, 0.15) is 12.1 Å². The number of nitrogens with one attached hydrogen (secondary N) is 5. The van der Waals surface area contributed by atoms with Crippen LogP contribution in [0.15, 0.2) is 0 Å². The van der Waals surface area contributed by atoms with E-state index in [0.717, 1.165) is 0 Å². The molecule has 1 saturated carbocycles. The van der Waals surface area contributed by atoms with Crippen molar-refractivity contribution in [3.05, 3.63) is 0 Å².